The second-order valence-electron chi connectivity index (χ2n) is 7.98. The van der Waals surface area contributed by atoms with Crippen molar-refractivity contribution in [1.29, 1.82) is 0 Å². The van der Waals surface area contributed by atoms with Crippen molar-refractivity contribution in [3.05, 3.63) is 78.6 Å². The number of amides is 1. The highest BCUT2D eigenvalue weighted by molar-refractivity contribution is 7.99. The van der Waals surface area contributed by atoms with Crippen LogP contribution in [-0.2, 0) is 4.79 Å². The lowest BCUT2D eigenvalue weighted by atomic mass is 10.2. The molecule has 0 aliphatic carbocycles. The molecule has 0 fully saturated rings. The monoisotopic (exact) mass is 474 g/mol. The van der Waals surface area contributed by atoms with Crippen molar-refractivity contribution in [2.75, 3.05) is 23.5 Å². The molecule has 3 aromatic carbocycles. The number of para-hydroxylation sites is 4. The van der Waals surface area contributed by atoms with Gasteiger partial charge in [0.25, 0.3) is 0 Å². The Hall–Kier alpha value is -2.90. The molecule has 7 heteroatoms. The van der Waals surface area contributed by atoms with Gasteiger partial charge in [-0.2, -0.15) is 11.8 Å². The largest absolute Gasteiger partial charge is 0.346 e. The summed E-state index contributed by atoms with van der Waals surface area (Å²) in [6, 6.07) is 24.6. The van der Waals surface area contributed by atoms with Crippen molar-refractivity contribution in [3.8, 4) is 0 Å². The Bertz CT molecular complexity index is 1190. The number of carbonyl (C=O) groups is 1. The van der Waals surface area contributed by atoms with Crippen LogP contribution in [0.4, 0.5) is 11.4 Å². The average Bonchev–Trinajstić information content (AvgIpc) is 3.28. The van der Waals surface area contributed by atoms with Crippen LogP contribution in [-0.4, -0.2) is 34.4 Å². The number of fused-ring (bicyclic) bond motifs is 3. The highest BCUT2D eigenvalue weighted by atomic mass is 32.2. The van der Waals surface area contributed by atoms with Crippen molar-refractivity contribution in [3.63, 3.8) is 0 Å². The molecule has 0 saturated heterocycles. The molecule has 1 amide bonds. The highest BCUT2D eigenvalue weighted by Gasteiger charge is 2.24. The molecule has 33 heavy (non-hydrogen) atoms. The van der Waals surface area contributed by atoms with E-state index in [1.165, 1.54) is 9.79 Å². The average molecular weight is 475 g/mol. The van der Waals surface area contributed by atoms with Crippen molar-refractivity contribution in [2.45, 2.75) is 28.7 Å². The predicted octanol–water partition coefficient (Wildman–Crippen LogP) is 6.17. The molecule has 1 aromatic heterocycles. The Morgan fingerprint density at radius 3 is 2.39 bits per heavy atom. The Labute approximate surface area is 202 Å². The summed E-state index contributed by atoms with van der Waals surface area (Å²) in [7, 11) is 0. The molecule has 1 atom stereocenters. The van der Waals surface area contributed by atoms with Gasteiger partial charge in [-0.05, 0) is 54.8 Å². The number of carbonyl (C=O) groups excluding carboxylic acids is 1. The summed E-state index contributed by atoms with van der Waals surface area (Å²) in [5, 5.41) is 3.24. The first-order chi connectivity index (χ1) is 16.2. The SMILES string of the molecule is CSCC[C@H](NC(=O)CCN1c2ccccc2Sc2ccccc21)c1nc2ccccc2[nH]1. The van der Waals surface area contributed by atoms with Crippen molar-refractivity contribution >= 4 is 51.8 Å². The molecule has 0 unspecified atom stereocenters. The van der Waals surface area contributed by atoms with Crippen LogP contribution in [0.15, 0.2) is 82.6 Å². The molecular weight excluding hydrogens is 448 g/mol. The van der Waals surface area contributed by atoms with E-state index in [-0.39, 0.29) is 11.9 Å². The van der Waals surface area contributed by atoms with Gasteiger partial charge in [0, 0.05) is 22.8 Å². The van der Waals surface area contributed by atoms with Gasteiger partial charge in [-0.15, -0.1) is 0 Å². The molecule has 0 spiro atoms. The quantitative estimate of drug-likeness (QED) is 0.320. The summed E-state index contributed by atoms with van der Waals surface area (Å²) in [6.45, 7) is 0.621. The zero-order valence-electron chi connectivity index (χ0n) is 18.5. The van der Waals surface area contributed by atoms with E-state index in [1.807, 2.05) is 24.3 Å². The van der Waals surface area contributed by atoms with Crippen LogP contribution in [0.2, 0.25) is 0 Å². The minimum absolute atomic E-state index is 0.0368. The Morgan fingerprint density at radius 1 is 1.03 bits per heavy atom. The number of aromatic nitrogens is 2. The van der Waals surface area contributed by atoms with E-state index in [0.717, 1.165) is 40.4 Å². The van der Waals surface area contributed by atoms with Crippen LogP contribution >= 0.6 is 23.5 Å². The number of hydrogen-bond donors (Lipinski definition) is 2. The van der Waals surface area contributed by atoms with Crippen LogP contribution in [0.25, 0.3) is 11.0 Å². The summed E-state index contributed by atoms with van der Waals surface area (Å²) in [6.07, 6.45) is 3.32. The minimum Gasteiger partial charge on any atom is -0.346 e. The van der Waals surface area contributed by atoms with E-state index in [9.17, 15) is 4.79 Å². The molecule has 0 radical (unpaired) electrons. The number of benzene rings is 3. The Balaban J connectivity index is 1.32. The van der Waals surface area contributed by atoms with Crippen molar-refractivity contribution in [1.82, 2.24) is 15.3 Å². The van der Waals surface area contributed by atoms with E-state index >= 15 is 0 Å². The van der Waals surface area contributed by atoms with E-state index in [2.05, 4.69) is 70.0 Å². The zero-order chi connectivity index (χ0) is 22.6. The molecule has 0 saturated carbocycles. The van der Waals surface area contributed by atoms with Crippen LogP contribution in [0.1, 0.15) is 24.7 Å². The van der Waals surface area contributed by atoms with Crippen LogP contribution in [0.5, 0.6) is 0 Å². The van der Waals surface area contributed by atoms with Gasteiger partial charge in [-0.3, -0.25) is 4.79 Å². The second-order valence-corrected chi connectivity index (χ2v) is 10.0. The number of hydrogen-bond acceptors (Lipinski definition) is 5. The van der Waals surface area contributed by atoms with Gasteiger partial charge in [-0.1, -0.05) is 48.2 Å². The highest BCUT2D eigenvalue weighted by Crippen LogP contribution is 2.47. The van der Waals surface area contributed by atoms with E-state index in [1.54, 1.807) is 23.5 Å². The van der Waals surface area contributed by atoms with E-state index in [4.69, 9.17) is 4.98 Å². The number of nitrogens with zero attached hydrogens (tertiary/aromatic N) is 2. The maximum absolute atomic E-state index is 13.1. The van der Waals surface area contributed by atoms with Gasteiger partial charge in [0.2, 0.25) is 5.91 Å². The fourth-order valence-electron chi connectivity index (χ4n) is 4.15. The van der Waals surface area contributed by atoms with Crippen LogP contribution in [0, 0.1) is 0 Å². The molecular formula is C26H26N4OS2. The first-order valence-corrected chi connectivity index (χ1v) is 13.3. The van der Waals surface area contributed by atoms with Gasteiger partial charge in [0.15, 0.2) is 0 Å². The van der Waals surface area contributed by atoms with Crippen molar-refractivity contribution < 1.29 is 4.79 Å². The van der Waals surface area contributed by atoms with E-state index in [0.29, 0.717) is 13.0 Å². The van der Waals surface area contributed by atoms with Gasteiger partial charge in [0.05, 0.1) is 28.5 Å². The number of thioether (sulfide) groups is 1. The Morgan fingerprint density at radius 2 is 1.70 bits per heavy atom. The predicted molar refractivity (Wildman–Crippen MR) is 139 cm³/mol. The lowest BCUT2D eigenvalue weighted by Gasteiger charge is -2.32. The molecule has 0 bridgehead atoms. The molecule has 5 nitrogen and oxygen atoms in total. The number of rotatable bonds is 8. The Kier molecular flexibility index (Phi) is 6.60. The summed E-state index contributed by atoms with van der Waals surface area (Å²) >= 11 is 3.56. The molecule has 1 aliphatic rings. The maximum atomic E-state index is 13.1. The topological polar surface area (TPSA) is 61.0 Å². The zero-order valence-corrected chi connectivity index (χ0v) is 20.1. The molecule has 2 N–H and O–H groups in total. The molecule has 4 aromatic rings. The fourth-order valence-corrected chi connectivity index (χ4v) is 5.72. The van der Waals surface area contributed by atoms with Gasteiger partial charge in [0.1, 0.15) is 5.82 Å². The standard InChI is InChI=1S/C26H26N4OS2/c1-32-17-15-20(26-28-18-8-2-3-9-19(18)29-26)27-25(31)14-16-30-21-10-4-6-12-23(21)33-24-13-7-5-11-22(24)30/h2-13,20H,14-17H2,1H3,(H,27,31)(H,28,29)/t20-/m0/s1. The third kappa shape index (κ3) is 4.75. The molecule has 168 valence electrons. The van der Waals surface area contributed by atoms with E-state index < -0.39 is 0 Å². The smallest absolute Gasteiger partial charge is 0.222 e. The van der Waals surface area contributed by atoms with Crippen molar-refractivity contribution in [2.24, 2.45) is 0 Å². The third-order valence-corrected chi connectivity index (χ3v) is 7.55. The number of aromatic amines is 1. The normalized spacial score (nSPS) is 13.4. The van der Waals surface area contributed by atoms with Gasteiger partial charge >= 0.3 is 0 Å². The number of nitrogens with one attached hydrogen (secondary N) is 2. The first kappa shape index (κ1) is 21.9. The molecule has 2 heterocycles. The summed E-state index contributed by atoms with van der Waals surface area (Å²) in [5.74, 6) is 1.81. The lowest BCUT2D eigenvalue weighted by molar-refractivity contribution is -0.121. The summed E-state index contributed by atoms with van der Waals surface area (Å²) < 4.78 is 0. The third-order valence-electron chi connectivity index (χ3n) is 5.78. The number of anilines is 2. The number of imidazole rings is 1. The van der Waals surface area contributed by atoms with Gasteiger partial charge < -0.3 is 15.2 Å². The van der Waals surface area contributed by atoms with Gasteiger partial charge in [-0.25, -0.2) is 4.98 Å². The van der Waals surface area contributed by atoms with Crippen LogP contribution in [0.3, 0.4) is 0 Å². The minimum atomic E-state index is -0.131. The molecule has 1 aliphatic heterocycles. The second kappa shape index (κ2) is 9.93. The molecule has 5 rings (SSSR count). The summed E-state index contributed by atoms with van der Waals surface area (Å²) in [4.78, 5) is 25.9. The number of H-pyrrole nitrogens is 1. The first-order valence-electron chi connectivity index (χ1n) is 11.1. The lowest BCUT2D eigenvalue weighted by Crippen LogP contribution is -2.33. The van der Waals surface area contributed by atoms with Crippen LogP contribution < -0.4 is 10.2 Å². The summed E-state index contributed by atoms with van der Waals surface area (Å²) in [5.41, 5.74) is 4.24. The maximum Gasteiger partial charge on any atom is 0.222 e. The fraction of sp³-hybridized carbons (Fsp3) is 0.231.